The Bertz CT molecular complexity index is 1630. The minimum absolute atomic E-state index is 0.0121. The van der Waals surface area contributed by atoms with Crippen molar-refractivity contribution in [2.45, 2.75) is 39.0 Å². The van der Waals surface area contributed by atoms with E-state index in [4.69, 9.17) is 5.73 Å². The number of benzene rings is 3. The highest BCUT2D eigenvalue weighted by atomic mass is 19.4. The van der Waals surface area contributed by atoms with Crippen molar-refractivity contribution in [3.8, 4) is 5.69 Å². The van der Waals surface area contributed by atoms with Gasteiger partial charge in [-0.25, -0.2) is 18.0 Å². The van der Waals surface area contributed by atoms with E-state index >= 15 is 0 Å². The van der Waals surface area contributed by atoms with Gasteiger partial charge < -0.3 is 10.6 Å². The van der Waals surface area contributed by atoms with E-state index in [1.807, 2.05) is 0 Å². The summed E-state index contributed by atoms with van der Waals surface area (Å²) in [4.78, 5) is 28.8. The van der Waals surface area contributed by atoms with Gasteiger partial charge >= 0.3 is 11.9 Å². The molecule has 228 valence electrons. The van der Waals surface area contributed by atoms with E-state index in [1.165, 1.54) is 9.47 Å². The molecule has 0 spiro atoms. The number of aromatic nitrogens is 3. The zero-order valence-corrected chi connectivity index (χ0v) is 23.3. The van der Waals surface area contributed by atoms with Crippen LogP contribution in [-0.4, -0.2) is 38.2 Å². The van der Waals surface area contributed by atoms with Gasteiger partial charge in [-0.15, -0.1) is 5.10 Å². The average molecular weight is 606 g/mol. The van der Waals surface area contributed by atoms with Crippen molar-refractivity contribution >= 4 is 5.91 Å². The van der Waals surface area contributed by atoms with Crippen LogP contribution in [0.5, 0.6) is 0 Å². The summed E-state index contributed by atoms with van der Waals surface area (Å²) >= 11 is 0. The van der Waals surface area contributed by atoms with E-state index in [1.54, 1.807) is 44.2 Å². The number of nitrogens with zero attached hydrogens (tertiary/aromatic N) is 4. The van der Waals surface area contributed by atoms with Crippen LogP contribution >= 0.6 is 0 Å². The molecule has 4 rings (SSSR count). The highest BCUT2D eigenvalue weighted by Crippen LogP contribution is 2.33. The highest BCUT2D eigenvalue weighted by Gasteiger charge is 2.37. The second kappa shape index (κ2) is 12.9. The molecule has 2 N–H and O–H groups in total. The van der Waals surface area contributed by atoms with Gasteiger partial charge in [0.15, 0.2) is 5.82 Å². The molecular formula is C30H29F6N5O2. The predicted octanol–water partition coefficient (Wildman–Crippen LogP) is 5.71. The maximum absolute atomic E-state index is 14.5. The van der Waals surface area contributed by atoms with Crippen LogP contribution < -0.4 is 11.4 Å². The molecule has 3 aromatic carbocycles. The second-order valence-corrected chi connectivity index (χ2v) is 10.3. The zero-order valence-electron chi connectivity index (χ0n) is 23.3. The first-order valence-electron chi connectivity index (χ1n) is 13.4. The van der Waals surface area contributed by atoms with Crippen molar-refractivity contribution < 1.29 is 31.1 Å². The summed E-state index contributed by atoms with van der Waals surface area (Å²) in [5.41, 5.74) is 3.59. The lowest BCUT2D eigenvalue weighted by Crippen LogP contribution is -2.41. The van der Waals surface area contributed by atoms with Crippen LogP contribution in [0.4, 0.5) is 26.3 Å². The molecule has 1 aromatic heterocycles. The Kier molecular flexibility index (Phi) is 9.43. The number of carbonyl (C=O) groups excluding carboxylic acids is 1. The zero-order chi connectivity index (χ0) is 31.5. The number of amides is 1. The molecule has 0 saturated heterocycles. The molecule has 1 atom stereocenters. The number of halogens is 6. The normalized spacial score (nSPS) is 12.5. The Morgan fingerprint density at radius 1 is 0.977 bits per heavy atom. The summed E-state index contributed by atoms with van der Waals surface area (Å²) in [6.07, 6.45) is -4.70. The van der Waals surface area contributed by atoms with Gasteiger partial charge in [-0.05, 0) is 54.8 Å². The fourth-order valence-electron chi connectivity index (χ4n) is 4.84. The lowest BCUT2D eigenvalue weighted by Gasteiger charge is -2.34. The summed E-state index contributed by atoms with van der Waals surface area (Å²) in [5.74, 6) is -4.71. The lowest BCUT2D eigenvalue weighted by atomic mass is 9.99. The molecule has 43 heavy (non-hydrogen) atoms. The van der Waals surface area contributed by atoms with Crippen LogP contribution in [0.1, 0.15) is 53.6 Å². The smallest absolute Gasteiger partial charge is 0.330 e. The van der Waals surface area contributed by atoms with Gasteiger partial charge in [-0.3, -0.25) is 9.36 Å². The maximum Gasteiger partial charge on any atom is 0.419 e. The Labute approximate surface area is 243 Å². The second-order valence-electron chi connectivity index (χ2n) is 10.3. The molecule has 0 aliphatic rings. The molecule has 0 saturated carbocycles. The molecular weight excluding hydrogens is 576 g/mol. The Balaban J connectivity index is 1.90. The first-order valence-corrected chi connectivity index (χ1v) is 13.4. The van der Waals surface area contributed by atoms with Gasteiger partial charge in [0.2, 0.25) is 0 Å². The van der Waals surface area contributed by atoms with Crippen LogP contribution in [0.15, 0.2) is 71.5 Å². The Morgan fingerprint density at radius 2 is 1.63 bits per heavy atom. The number of hydrogen-bond donors (Lipinski definition) is 1. The molecule has 13 heteroatoms. The van der Waals surface area contributed by atoms with Crippen LogP contribution in [0.25, 0.3) is 5.69 Å². The molecule has 1 amide bonds. The van der Waals surface area contributed by atoms with E-state index in [0.717, 1.165) is 22.9 Å². The van der Waals surface area contributed by atoms with Gasteiger partial charge in [-0.1, -0.05) is 44.2 Å². The molecule has 0 aliphatic carbocycles. The van der Waals surface area contributed by atoms with E-state index in [-0.39, 0.29) is 43.1 Å². The highest BCUT2D eigenvalue weighted by molar-refractivity contribution is 5.94. The Hall–Kier alpha value is -4.39. The summed E-state index contributed by atoms with van der Waals surface area (Å²) in [6, 6.07) is 12.2. The van der Waals surface area contributed by atoms with Crippen LogP contribution in [0.2, 0.25) is 0 Å². The van der Waals surface area contributed by atoms with Gasteiger partial charge in [0, 0.05) is 18.2 Å². The largest absolute Gasteiger partial charge is 0.419 e. The van der Waals surface area contributed by atoms with Gasteiger partial charge in [0.05, 0.1) is 23.8 Å². The van der Waals surface area contributed by atoms with Crippen LogP contribution in [0, 0.1) is 23.4 Å². The topological polar surface area (TPSA) is 86.2 Å². The molecule has 1 heterocycles. The summed E-state index contributed by atoms with van der Waals surface area (Å²) < 4.78 is 84.4. The first kappa shape index (κ1) is 31.5. The summed E-state index contributed by atoms with van der Waals surface area (Å²) in [5, 5.41) is 4.43. The fourth-order valence-corrected chi connectivity index (χ4v) is 4.84. The van der Waals surface area contributed by atoms with E-state index < -0.39 is 52.7 Å². The quantitative estimate of drug-likeness (QED) is 0.235. The van der Waals surface area contributed by atoms with Crippen molar-refractivity contribution in [3.63, 3.8) is 0 Å². The maximum atomic E-state index is 14.5. The number of hydrogen-bond acceptors (Lipinski definition) is 4. The van der Waals surface area contributed by atoms with Gasteiger partial charge in [0.1, 0.15) is 17.5 Å². The molecule has 0 bridgehead atoms. The lowest BCUT2D eigenvalue weighted by molar-refractivity contribution is -0.140. The van der Waals surface area contributed by atoms with Crippen molar-refractivity contribution in [1.29, 1.82) is 0 Å². The van der Waals surface area contributed by atoms with Crippen LogP contribution in [0.3, 0.4) is 0 Å². The fraction of sp³-hybridized carbons (Fsp3) is 0.300. The van der Waals surface area contributed by atoms with E-state index in [9.17, 15) is 35.9 Å². The summed E-state index contributed by atoms with van der Waals surface area (Å²) in [7, 11) is 0. The van der Waals surface area contributed by atoms with Gasteiger partial charge in [0.25, 0.3) is 5.91 Å². The molecule has 4 aromatic rings. The van der Waals surface area contributed by atoms with Crippen LogP contribution in [-0.2, 0) is 12.7 Å². The third-order valence-corrected chi connectivity index (χ3v) is 6.78. The SMILES string of the molecule is CC(C)C(c1nn(-c2cc(F)cc(F)c2)c(=O)n1Cc1ccccc1)N(CCCN)C(=O)c1ccc(C(F)(F)F)c(F)c1. The molecule has 0 radical (unpaired) electrons. The third-order valence-electron chi connectivity index (χ3n) is 6.78. The summed E-state index contributed by atoms with van der Waals surface area (Å²) in [6.45, 7) is 3.58. The molecule has 7 nitrogen and oxygen atoms in total. The van der Waals surface area contributed by atoms with Crippen molar-refractivity contribution in [3.05, 3.63) is 117 Å². The van der Waals surface area contributed by atoms with Crippen molar-refractivity contribution in [1.82, 2.24) is 19.2 Å². The number of rotatable bonds is 10. The minimum atomic E-state index is -4.96. The average Bonchev–Trinajstić information content (AvgIpc) is 3.24. The molecule has 0 fully saturated rings. The monoisotopic (exact) mass is 605 g/mol. The third kappa shape index (κ3) is 6.99. The predicted molar refractivity (Wildman–Crippen MR) is 147 cm³/mol. The van der Waals surface area contributed by atoms with E-state index in [2.05, 4.69) is 5.10 Å². The van der Waals surface area contributed by atoms with E-state index in [0.29, 0.717) is 23.8 Å². The van der Waals surface area contributed by atoms with Crippen molar-refractivity contribution in [2.24, 2.45) is 11.7 Å². The first-order chi connectivity index (χ1) is 20.3. The molecule has 0 aliphatic heterocycles. The minimum Gasteiger partial charge on any atom is -0.330 e. The molecule has 1 unspecified atom stereocenters. The standard InChI is InChI=1S/C30H29F6N5O2/c1-18(2)26(39(12-6-11-37)28(42)20-9-10-24(25(33)13-20)30(34,35)36)27-38-41(23-15-21(31)14-22(32)16-23)29(43)40(27)17-19-7-4-3-5-8-19/h3-5,7-10,13-16,18,26H,6,11-12,17,37H2,1-2H3. The van der Waals surface area contributed by atoms with Crippen molar-refractivity contribution in [2.75, 3.05) is 13.1 Å². The number of nitrogens with two attached hydrogens (primary N) is 1. The number of alkyl halides is 3. The van der Waals surface area contributed by atoms with Gasteiger partial charge in [-0.2, -0.15) is 17.9 Å². The number of carbonyl (C=O) groups is 1. The Morgan fingerprint density at radius 3 is 2.19 bits per heavy atom.